The van der Waals surface area contributed by atoms with Gasteiger partial charge in [0.05, 0.1) is 23.3 Å². The minimum Gasteiger partial charge on any atom is -0.497 e. The van der Waals surface area contributed by atoms with E-state index >= 15 is 0 Å². The largest absolute Gasteiger partial charge is 0.497 e. The fourth-order valence-corrected chi connectivity index (χ4v) is 4.17. The standard InChI is InChI=1S/C19H22N2O4S/c1-14-6-5-7-17(19(22)21-12-3-4-13-21)18(14)20-26(23,24)16-10-8-15(25-2)9-11-16/h5-11,20H,3-4,12-13H2,1-2H3. The number of nitrogens with zero attached hydrogens (tertiary/aromatic N) is 1. The molecular formula is C19H22N2O4S. The highest BCUT2D eigenvalue weighted by molar-refractivity contribution is 7.92. The number of anilines is 1. The van der Waals surface area contributed by atoms with Gasteiger partial charge in [-0.1, -0.05) is 12.1 Å². The van der Waals surface area contributed by atoms with Crippen LogP contribution in [-0.2, 0) is 10.0 Å². The Hall–Kier alpha value is -2.54. The first kappa shape index (κ1) is 18.3. The monoisotopic (exact) mass is 374 g/mol. The Morgan fingerprint density at radius 3 is 2.35 bits per heavy atom. The second-order valence-corrected chi connectivity index (χ2v) is 7.96. The van der Waals surface area contributed by atoms with Gasteiger partial charge in [-0.2, -0.15) is 0 Å². The molecule has 1 aliphatic heterocycles. The number of para-hydroxylation sites is 1. The summed E-state index contributed by atoms with van der Waals surface area (Å²) in [6, 6.07) is 11.3. The van der Waals surface area contributed by atoms with E-state index in [0.29, 0.717) is 35.7 Å². The molecule has 0 unspecified atom stereocenters. The lowest BCUT2D eigenvalue weighted by Gasteiger charge is -2.20. The van der Waals surface area contributed by atoms with Gasteiger partial charge in [-0.15, -0.1) is 0 Å². The van der Waals surface area contributed by atoms with Crippen molar-refractivity contribution in [1.29, 1.82) is 0 Å². The van der Waals surface area contributed by atoms with Crippen LogP contribution in [0.1, 0.15) is 28.8 Å². The van der Waals surface area contributed by atoms with Gasteiger partial charge in [0.1, 0.15) is 5.75 Å². The lowest BCUT2D eigenvalue weighted by atomic mass is 10.1. The second-order valence-electron chi connectivity index (χ2n) is 6.28. The fraction of sp³-hybridized carbons (Fsp3) is 0.316. The number of methoxy groups -OCH3 is 1. The number of sulfonamides is 1. The minimum atomic E-state index is -3.82. The number of ether oxygens (including phenoxy) is 1. The second kappa shape index (κ2) is 7.37. The SMILES string of the molecule is COc1ccc(S(=O)(=O)Nc2c(C)cccc2C(=O)N2CCCC2)cc1. The average Bonchev–Trinajstić information content (AvgIpc) is 3.17. The van der Waals surface area contributed by atoms with Crippen LogP contribution in [0.3, 0.4) is 0 Å². The highest BCUT2D eigenvalue weighted by Gasteiger charge is 2.25. The zero-order chi connectivity index (χ0) is 18.7. The van der Waals surface area contributed by atoms with Gasteiger partial charge in [0.15, 0.2) is 0 Å². The number of carbonyl (C=O) groups excluding carboxylic acids is 1. The van der Waals surface area contributed by atoms with Crippen molar-refractivity contribution in [2.75, 3.05) is 24.9 Å². The number of amides is 1. The molecule has 0 saturated carbocycles. The van der Waals surface area contributed by atoms with Crippen LogP contribution in [0.5, 0.6) is 5.75 Å². The molecule has 1 fully saturated rings. The molecule has 0 aliphatic carbocycles. The number of likely N-dealkylation sites (tertiary alicyclic amines) is 1. The maximum absolute atomic E-state index is 12.8. The molecule has 0 atom stereocenters. The summed E-state index contributed by atoms with van der Waals surface area (Å²) in [5.41, 5.74) is 1.41. The van der Waals surface area contributed by atoms with Crippen molar-refractivity contribution < 1.29 is 17.9 Å². The van der Waals surface area contributed by atoms with Crippen LogP contribution in [-0.4, -0.2) is 39.4 Å². The summed E-state index contributed by atoms with van der Waals surface area (Å²) in [5, 5.41) is 0. The van der Waals surface area contributed by atoms with Gasteiger partial charge >= 0.3 is 0 Å². The van der Waals surface area contributed by atoms with Crippen molar-refractivity contribution >= 4 is 21.6 Å². The van der Waals surface area contributed by atoms with Crippen LogP contribution in [0.2, 0.25) is 0 Å². The number of aryl methyl sites for hydroxylation is 1. The molecule has 138 valence electrons. The van der Waals surface area contributed by atoms with Gasteiger partial charge in [0.2, 0.25) is 0 Å². The summed E-state index contributed by atoms with van der Waals surface area (Å²) in [6.45, 7) is 3.20. The Balaban J connectivity index is 1.94. The zero-order valence-electron chi connectivity index (χ0n) is 14.9. The first-order valence-corrected chi connectivity index (χ1v) is 9.96. The van der Waals surface area contributed by atoms with Crippen LogP contribution in [0.4, 0.5) is 5.69 Å². The molecule has 1 heterocycles. The van der Waals surface area contributed by atoms with Crippen LogP contribution < -0.4 is 9.46 Å². The maximum atomic E-state index is 12.8. The number of benzene rings is 2. The highest BCUT2D eigenvalue weighted by Crippen LogP contribution is 2.27. The van der Waals surface area contributed by atoms with Crippen molar-refractivity contribution in [2.24, 2.45) is 0 Å². The number of hydrogen-bond acceptors (Lipinski definition) is 4. The third-order valence-electron chi connectivity index (χ3n) is 4.50. The molecule has 1 N–H and O–H groups in total. The molecule has 2 aromatic carbocycles. The van der Waals surface area contributed by atoms with Crippen molar-refractivity contribution in [3.8, 4) is 5.75 Å². The average molecular weight is 374 g/mol. The van der Waals surface area contributed by atoms with Gasteiger partial charge in [0.25, 0.3) is 15.9 Å². The van der Waals surface area contributed by atoms with E-state index in [1.54, 1.807) is 42.2 Å². The van der Waals surface area contributed by atoms with Crippen molar-refractivity contribution in [3.63, 3.8) is 0 Å². The Kier molecular flexibility index (Phi) is 5.18. The van der Waals surface area contributed by atoms with E-state index in [0.717, 1.165) is 12.8 Å². The Morgan fingerprint density at radius 1 is 1.08 bits per heavy atom. The molecule has 7 heteroatoms. The van der Waals surface area contributed by atoms with E-state index in [9.17, 15) is 13.2 Å². The molecule has 3 rings (SSSR count). The molecule has 1 amide bonds. The molecule has 2 aromatic rings. The van der Waals surface area contributed by atoms with E-state index in [2.05, 4.69) is 4.72 Å². The van der Waals surface area contributed by atoms with Gasteiger partial charge < -0.3 is 9.64 Å². The number of nitrogens with one attached hydrogen (secondary N) is 1. The smallest absolute Gasteiger partial charge is 0.261 e. The molecule has 6 nitrogen and oxygen atoms in total. The summed E-state index contributed by atoms with van der Waals surface area (Å²) in [7, 11) is -2.30. The fourth-order valence-electron chi connectivity index (χ4n) is 3.02. The molecule has 0 radical (unpaired) electrons. The highest BCUT2D eigenvalue weighted by atomic mass is 32.2. The van der Waals surface area contributed by atoms with E-state index < -0.39 is 10.0 Å². The maximum Gasteiger partial charge on any atom is 0.261 e. The Bertz CT molecular complexity index is 902. The predicted octanol–water partition coefficient (Wildman–Crippen LogP) is 3.04. The Labute approximate surface area is 153 Å². The lowest BCUT2D eigenvalue weighted by Crippen LogP contribution is -2.29. The molecule has 0 bridgehead atoms. The quantitative estimate of drug-likeness (QED) is 0.873. The Morgan fingerprint density at radius 2 is 1.73 bits per heavy atom. The van der Waals surface area contributed by atoms with Crippen molar-refractivity contribution in [1.82, 2.24) is 4.90 Å². The molecule has 0 spiro atoms. The topological polar surface area (TPSA) is 75.7 Å². The van der Waals surface area contributed by atoms with Gasteiger partial charge in [0, 0.05) is 13.1 Å². The van der Waals surface area contributed by atoms with Crippen molar-refractivity contribution in [3.05, 3.63) is 53.6 Å². The van der Waals surface area contributed by atoms with E-state index in [-0.39, 0.29) is 10.8 Å². The van der Waals surface area contributed by atoms with Crippen molar-refractivity contribution in [2.45, 2.75) is 24.7 Å². The first-order chi connectivity index (χ1) is 12.4. The van der Waals surface area contributed by atoms with Gasteiger partial charge in [-0.05, 0) is 55.7 Å². The number of carbonyl (C=O) groups is 1. The molecule has 1 saturated heterocycles. The van der Waals surface area contributed by atoms with Crippen LogP contribution in [0.15, 0.2) is 47.4 Å². The number of hydrogen-bond donors (Lipinski definition) is 1. The number of rotatable bonds is 5. The van der Waals surface area contributed by atoms with E-state index in [1.165, 1.54) is 19.2 Å². The normalized spacial score (nSPS) is 14.3. The molecule has 26 heavy (non-hydrogen) atoms. The summed E-state index contributed by atoms with van der Waals surface area (Å²) < 4.78 is 33.2. The first-order valence-electron chi connectivity index (χ1n) is 8.48. The van der Waals surface area contributed by atoms with Crippen LogP contribution in [0, 0.1) is 6.92 Å². The van der Waals surface area contributed by atoms with Crippen LogP contribution in [0.25, 0.3) is 0 Å². The minimum absolute atomic E-state index is 0.112. The zero-order valence-corrected chi connectivity index (χ0v) is 15.7. The molecule has 0 aromatic heterocycles. The van der Waals surface area contributed by atoms with Gasteiger partial charge in [-0.25, -0.2) is 8.42 Å². The third kappa shape index (κ3) is 3.67. The molecule has 1 aliphatic rings. The summed E-state index contributed by atoms with van der Waals surface area (Å²) in [4.78, 5) is 14.7. The van der Waals surface area contributed by atoms with Gasteiger partial charge in [-0.3, -0.25) is 9.52 Å². The van der Waals surface area contributed by atoms with Crippen LogP contribution >= 0.6 is 0 Å². The summed E-state index contributed by atoms with van der Waals surface area (Å²) in [5.74, 6) is 0.434. The predicted molar refractivity (Wildman–Crippen MR) is 100 cm³/mol. The summed E-state index contributed by atoms with van der Waals surface area (Å²) in [6.07, 6.45) is 1.95. The lowest BCUT2D eigenvalue weighted by molar-refractivity contribution is 0.0794. The third-order valence-corrected chi connectivity index (χ3v) is 5.87. The summed E-state index contributed by atoms with van der Waals surface area (Å²) >= 11 is 0. The molecular weight excluding hydrogens is 352 g/mol. The van der Waals surface area contributed by atoms with E-state index in [4.69, 9.17) is 4.74 Å². The van der Waals surface area contributed by atoms with E-state index in [1.807, 2.05) is 0 Å².